The molecule has 0 aliphatic carbocycles. The number of aliphatic hydroxyl groups excluding tert-OH is 2. The molecule has 1 amide bonds. The molecule has 0 saturated carbocycles. The van der Waals surface area contributed by atoms with Crippen molar-refractivity contribution in [1.29, 1.82) is 0 Å². The number of nitrogens with two attached hydrogens (primary N) is 1. The highest BCUT2D eigenvalue weighted by molar-refractivity contribution is 5.76. The van der Waals surface area contributed by atoms with E-state index in [1.807, 2.05) is 0 Å². The molecule has 0 aromatic carbocycles. The monoisotopic (exact) mass is 176 g/mol. The maximum atomic E-state index is 10.9. The minimum absolute atomic E-state index is 0.00264. The minimum Gasteiger partial charge on any atom is -0.396 e. The third kappa shape index (κ3) is 6.09. The van der Waals surface area contributed by atoms with Crippen molar-refractivity contribution in [2.45, 2.75) is 25.4 Å². The fourth-order valence-electron chi connectivity index (χ4n) is 0.730. The summed E-state index contributed by atoms with van der Waals surface area (Å²) in [7, 11) is 0. The summed E-state index contributed by atoms with van der Waals surface area (Å²) in [5, 5.41) is 19.3. The highest BCUT2D eigenvalue weighted by atomic mass is 16.3. The quantitative estimate of drug-likeness (QED) is 0.372. The Balaban J connectivity index is 3.40. The second-order valence-electron chi connectivity index (χ2n) is 2.51. The van der Waals surface area contributed by atoms with Crippen molar-refractivity contribution in [3.8, 4) is 0 Å². The lowest BCUT2D eigenvalue weighted by atomic mass is 10.3. The van der Waals surface area contributed by atoms with E-state index >= 15 is 0 Å². The van der Waals surface area contributed by atoms with Crippen molar-refractivity contribution < 1.29 is 15.0 Å². The van der Waals surface area contributed by atoms with Gasteiger partial charge in [-0.2, -0.15) is 0 Å². The van der Waals surface area contributed by atoms with E-state index in [0.717, 1.165) is 0 Å². The van der Waals surface area contributed by atoms with Gasteiger partial charge in [0.1, 0.15) is 0 Å². The van der Waals surface area contributed by atoms with Crippen LogP contribution >= 0.6 is 0 Å². The van der Waals surface area contributed by atoms with Gasteiger partial charge >= 0.3 is 0 Å². The van der Waals surface area contributed by atoms with Crippen LogP contribution in [0, 0.1) is 0 Å². The van der Waals surface area contributed by atoms with Gasteiger partial charge < -0.3 is 21.3 Å². The molecule has 0 bridgehead atoms. The SMILES string of the molecule is NC(CCO)NC(=O)CCCO. The lowest BCUT2D eigenvalue weighted by Crippen LogP contribution is -2.42. The van der Waals surface area contributed by atoms with Crippen LogP contribution in [-0.2, 0) is 4.79 Å². The Kier molecular flexibility index (Phi) is 6.64. The lowest BCUT2D eigenvalue weighted by molar-refractivity contribution is -0.122. The van der Waals surface area contributed by atoms with Gasteiger partial charge in [-0.1, -0.05) is 0 Å². The van der Waals surface area contributed by atoms with Gasteiger partial charge in [0.05, 0.1) is 6.17 Å². The molecule has 5 heteroatoms. The first-order valence-corrected chi connectivity index (χ1v) is 3.97. The number of hydrogen-bond donors (Lipinski definition) is 4. The summed E-state index contributed by atoms with van der Waals surface area (Å²) in [4.78, 5) is 10.9. The third-order valence-electron chi connectivity index (χ3n) is 1.35. The van der Waals surface area contributed by atoms with Crippen molar-refractivity contribution in [3.05, 3.63) is 0 Å². The second kappa shape index (κ2) is 7.02. The van der Waals surface area contributed by atoms with Crippen LogP contribution in [0.2, 0.25) is 0 Å². The average Bonchev–Trinajstić information content (AvgIpc) is 2.01. The van der Waals surface area contributed by atoms with E-state index in [0.29, 0.717) is 12.8 Å². The summed E-state index contributed by atoms with van der Waals surface area (Å²) in [6.45, 7) is -0.0376. The molecule has 1 unspecified atom stereocenters. The molecular weight excluding hydrogens is 160 g/mol. The molecular formula is C7H16N2O3. The third-order valence-corrected chi connectivity index (χ3v) is 1.35. The number of aliphatic hydroxyl groups is 2. The van der Waals surface area contributed by atoms with Crippen molar-refractivity contribution in [1.82, 2.24) is 5.32 Å². The molecule has 0 aliphatic heterocycles. The first-order chi connectivity index (χ1) is 5.70. The highest BCUT2D eigenvalue weighted by Crippen LogP contribution is 1.88. The summed E-state index contributed by atoms with van der Waals surface area (Å²) in [6, 6.07) is 0. The highest BCUT2D eigenvalue weighted by Gasteiger charge is 2.05. The van der Waals surface area contributed by atoms with Crippen molar-refractivity contribution in [3.63, 3.8) is 0 Å². The molecule has 72 valence electrons. The van der Waals surface area contributed by atoms with Crippen LogP contribution in [0.3, 0.4) is 0 Å². The van der Waals surface area contributed by atoms with E-state index < -0.39 is 6.17 Å². The predicted octanol–water partition coefficient (Wildman–Crippen LogP) is -1.46. The van der Waals surface area contributed by atoms with E-state index in [2.05, 4.69) is 5.32 Å². The van der Waals surface area contributed by atoms with Gasteiger partial charge in [0.2, 0.25) is 5.91 Å². The fourth-order valence-corrected chi connectivity index (χ4v) is 0.730. The topological polar surface area (TPSA) is 95.6 Å². The molecule has 0 spiro atoms. The zero-order valence-electron chi connectivity index (χ0n) is 6.99. The first kappa shape index (κ1) is 11.4. The Labute approximate surface area is 71.6 Å². The van der Waals surface area contributed by atoms with Crippen LogP contribution in [0.15, 0.2) is 0 Å². The van der Waals surface area contributed by atoms with Gasteiger partial charge in [0.25, 0.3) is 0 Å². The summed E-state index contributed by atoms with van der Waals surface area (Å²) in [5.41, 5.74) is 5.40. The van der Waals surface area contributed by atoms with E-state index in [1.54, 1.807) is 0 Å². The van der Waals surface area contributed by atoms with Gasteiger partial charge in [-0.25, -0.2) is 0 Å². The standard InChI is InChI=1S/C7H16N2O3/c8-6(3-5-11)9-7(12)2-1-4-10/h6,10-11H,1-5,8H2,(H,9,12). The lowest BCUT2D eigenvalue weighted by Gasteiger charge is -2.11. The Morgan fingerprint density at radius 3 is 2.58 bits per heavy atom. The molecule has 12 heavy (non-hydrogen) atoms. The largest absolute Gasteiger partial charge is 0.396 e. The summed E-state index contributed by atoms with van der Waals surface area (Å²) < 4.78 is 0. The van der Waals surface area contributed by atoms with Crippen LogP contribution in [0.4, 0.5) is 0 Å². The van der Waals surface area contributed by atoms with Crippen LogP contribution < -0.4 is 11.1 Å². The summed E-state index contributed by atoms with van der Waals surface area (Å²) in [5.74, 6) is -0.190. The number of nitrogens with one attached hydrogen (secondary N) is 1. The number of hydrogen-bond acceptors (Lipinski definition) is 4. The molecule has 5 N–H and O–H groups in total. The number of rotatable bonds is 6. The number of carbonyl (C=O) groups excluding carboxylic acids is 1. The molecule has 0 radical (unpaired) electrons. The van der Waals surface area contributed by atoms with E-state index in [1.165, 1.54) is 0 Å². The van der Waals surface area contributed by atoms with Gasteiger partial charge in [0.15, 0.2) is 0 Å². The maximum absolute atomic E-state index is 10.9. The van der Waals surface area contributed by atoms with Crippen LogP contribution in [-0.4, -0.2) is 35.5 Å². The van der Waals surface area contributed by atoms with Gasteiger partial charge in [0, 0.05) is 26.1 Å². The van der Waals surface area contributed by atoms with Gasteiger partial charge in [-0.05, 0) is 6.42 Å². The molecule has 0 aromatic rings. The average molecular weight is 176 g/mol. The van der Waals surface area contributed by atoms with Crippen molar-refractivity contribution >= 4 is 5.91 Å². The van der Waals surface area contributed by atoms with Crippen LogP contribution in [0.1, 0.15) is 19.3 Å². The molecule has 5 nitrogen and oxygen atoms in total. The Morgan fingerprint density at radius 1 is 1.42 bits per heavy atom. The zero-order chi connectivity index (χ0) is 9.40. The van der Waals surface area contributed by atoms with Crippen LogP contribution in [0.5, 0.6) is 0 Å². The number of carbonyl (C=O) groups is 1. The van der Waals surface area contributed by atoms with E-state index in [4.69, 9.17) is 15.9 Å². The molecule has 0 fully saturated rings. The summed E-state index contributed by atoms with van der Waals surface area (Å²) >= 11 is 0. The molecule has 0 rings (SSSR count). The molecule has 1 atom stereocenters. The molecule has 0 aromatic heterocycles. The predicted molar refractivity (Wildman–Crippen MR) is 44.1 cm³/mol. The smallest absolute Gasteiger partial charge is 0.221 e. The van der Waals surface area contributed by atoms with Crippen LogP contribution in [0.25, 0.3) is 0 Å². The normalized spacial score (nSPS) is 12.6. The maximum Gasteiger partial charge on any atom is 0.221 e. The Hall–Kier alpha value is -0.650. The zero-order valence-corrected chi connectivity index (χ0v) is 6.99. The first-order valence-electron chi connectivity index (χ1n) is 3.97. The Morgan fingerprint density at radius 2 is 2.08 bits per heavy atom. The summed E-state index contributed by atoms with van der Waals surface area (Å²) in [6.07, 6.45) is 0.583. The molecule has 0 aliphatic rings. The van der Waals surface area contributed by atoms with E-state index in [-0.39, 0.29) is 25.5 Å². The number of amides is 1. The van der Waals surface area contributed by atoms with Gasteiger partial charge in [-0.3, -0.25) is 4.79 Å². The van der Waals surface area contributed by atoms with Crippen molar-refractivity contribution in [2.24, 2.45) is 5.73 Å². The molecule has 0 saturated heterocycles. The van der Waals surface area contributed by atoms with E-state index in [9.17, 15) is 4.79 Å². The minimum atomic E-state index is -0.485. The van der Waals surface area contributed by atoms with Crippen molar-refractivity contribution in [2.75, 3.05) is 13.2 Å². The molecule has 0 heterocycles. The second-order valence-corrected chi connectivity index (χ2v) is 2.51. The Bertz CT molecular complexity index is 130. The fraction of sp³-hybridized carbons (Fsp3) is 0.857. The van der Waals surface area contributed by atoms with Gasteiger partial charge in [-0.15, -0.1) is 0 Å².